The highest BCUT2D eigenvalue weighted by molar-refractivity contribution is 14.0. The maximum atomic E-state index is 12.0. The Balaban J connectivity index is 0.00000450. The van der Waals surface area contributed by atoms with Gasteiger partial charge in [0.2, 0.25) is 5.91 Å². The van der Waals surface area contributed by atoms with Crippen LogP contribution in [0.3, 0.4) is 0 Å². The summed E-state index contributed by atoms with van der Waals surface area (Å²) < 4.78 is 5.19. The summed E-state index contributed by atoms with van der Waals surface area (Å²) >= 11 is 0. The number of benzene rings is 2. The van der Waals surface area contributed by atoms with Crippen molar-refractivity contribution in [1.82, 2.24) is 10.6 Å². The van der Waals surface area contributed by atoms with Crippen molar-refractivity contribution in [2.24, 2.45) is 10.9 Å². The van der Waals surface area contributed by atoms with Crippen LogP contribution in [0.4, 0.5) is 5.69 Å². The molecule has 0 radical (unpaired) electrons. The number of nitrogens with one attached hydrogen (secondary N) is 3. The van der Waals surface area contributed by atoms with Crippen LogP contribution >= 0.6 is 24.0 Å². The molecule has 0 heterocycles. The lowest BCUT2D eigenvalue weighted by Gasteiger charge is -2.12. The van der Waals surface area contributed by atoms with E-state index in [-0.39, 0.29) is 29.9 Å². The lowest BCUT2D eigenvalue weighted by Crippen LogP contribution is -2.36. The van der Waals surface area contributed by atoms with Crippen LogP contribution in [-0.4, -0.2) is 25.5 Å². The van der Waals surface area contributed by atoms with Gasteiger partial charge in [0.25, 0.3) is 0 Å². The van der Waals surface area contributed by atoms with Crippen LogP contribution in [0.1, 0.15) is 38.3 Å². The molecule has 30 heavy (non-hydrogen) atoms. The number of amides is 1. The molecule has 0 spiro atoms. The molecule has 0 aromatic heterocycles. The van der Waals surface area contributed by atoms with Crippen LogP contribution in [0.5, 0.6) is 5.75 Å². The van der Waals surface area contributed by atoms with Crippen LogP contribution < -0.4 is 20.7 Å². The molecule has 2 aromatic rings. The van der Waals surface area contributed by atoms with E-state index in [9.17, 15) is 4.79 Å². The molecule has 6 nitrogen and oxygen atoms in total. The van der Waals surface area contributed by atoms with Gasteiger partial charge in [0.15, 0.2) is 5.96 Å². The molecule has 7 heteroatoms. The van der Waals surface area contributed by atoms with Gasteiger partial charge < -0.3 is 20.7 Å². The van der Waals surface area contributed by atoms with Gasteiger partial charge in [0.05, 0.1) is 13.7 Å². The van der Waals surface area contributed by atoms with E-state index in [0.717, 1.165) is 35.1 Å². The SMILES string of the molecule is CCNC(=NCc1cccc(NC(=O)CC(C)C)c1)NCc1ccc(OC)cc1.I. The van der Waals surface area contributed by atoms with E-state index < -0.39 is 0 Å². The average molecular weight is 524 g/mol. The molecule has 0 aliphatic rings. The van der Waals surface area contributed by atoms with Crippen molar-refractivity contribution in [3.05, 3.63) is 59.7 Å². The van der Waals surface area contributed by atoms with E-state index in [1.807, 2.05) is 69.3 Å². The van der Waals surface area contributed by atoms with Crippen LogP contribution in [0.25, 0.3) is 0 Å². The number of guanidine groups is 1. The maximum Gasteiger partial charge on any atom is 0.224 e. The Morgan fingerprint density at radius 1 is 1.07 bits per heavy atom. The summed E-state index contributed by atoms with van der Waals surface area (Å²) in [5, 5.41) is 9.55. The fourth-order valence-electron chi connectivity index (χ4n) is 2.77. The summed E-state index contributed by atoms with van der Waals surface area (Å²) in [6.07, 6.45) is 0.516. The first-order valence-corrected chi connectivity index (χ1v) is 10.0. The summed E-state index contributed by atoms with van der Waals surface area (Å²) in [6.45, 7) is 8.07. The minimum absolute atomic E-state index is 0. The van der Waals surface area contributed by atoms with Crippen LogP contribution in [-0.2, 0) is 17.9 Å². The highest BCUT2D eigenvalue weighted by Gasteiger charge is 2.06. The van der Waals surface area contributed by atoms with Gasteiger partial charge in [-0.15, -0.1) is 24.0 Å². The Labute approximate surface area is 196 Å². The Morgan fingerprint density at radius 2 is 1.80 bits per heavy atom. The molecule has 0 aliphatic carbocycles. The lowest BCUT2D eigenvalue weighted by molar-refractivity contribution is -0.116. The predicted octanol–water partition coefficient (Wildman–Crippen LogP) is 4.55. The van der Waals surface area contributed by atoms with E-state index in [2.05, 4.69) is 20.9 Å². The number of methoxy groups -OCH3 is 1. The number of hydrogen-bond donors (Lipinski definition) is 3. The number of nitrogens with zero attached hydrogens (tertiary/aromatic N) is 1. The quantitative estimate of drug-likeness (QED) is 0.256. The van der Waals surface area contributed by atoms with Crippen molar-refractivity contribution in [2.75, 3.05) is 19.0 Å². The van der Waals surface area contributed by atoms with Crippen molar-refractivity contribution in [3.8, 4) is 5.75 Å². The largest absolute Gasteiger partial charge is 0.497 e. The van der Waals surface area contributed by atoms with E-state index >= 15 is 0 Å². The highest BCUT2D eigenvalue weighted by atomic mass is 127. The maximum absolute atomic E-state index is 12.0. The Morgan fingerprint density at radius 3 is 2.43 bits per heavy atom. The number of carbonyl (C=O) groups excluding carboxylic acids is 1. The van der Waals surface area contributed by atoms with Crippen molar-refractivity contribution >= 4 is 41.5 Å². The first-order chi connectivity index (χ1) is 14.0. The van der Waals surface area contributed by atoms with Gasteiger partial charge in [-0.05, 0) is 48.2 Å². The minimum Gasteiger partial charge on any atom is -0.497 e. The predicted molar refractivity (Wildman–Crippen MR) is 135 cm³/mol. The van der Waals surface area contributed by atoms with E-state index in [4.69, 9.17) is 4.74 Å². The van der Waals surface area contributed by atoms with Crippen molar-refractivity contribution in [3.63, 3.8) is 0 Å². The van der Waals surface area contributed by atoms with E-state index in [1.165, 1.54) is 0 Å². The van der Waals surface area contributed by atoms with Gasteiger partial charge in [-0.2, -0.15) is 0 Å². The minimum atomic E-state index is 0. The van der Waals surface area contributed by atoms with Gasteiger partial charge >= 0.3 is 0 Å². The normalized spacial score (nSPS) is 10.9. The lowest BCUT2D eigenvalue weighted by atomic mass is 10.1. The topological polar surface area (TPSA) is 74.8 Å². The molecule has 0 aliphatic heterocycles. The smallest absolute Gasteiger partial charge is 0.224 e. The van der Waals surface area contributed by atoms with Crippen molar-refractivity contribution in [1.29, 1.82) is 0 Å². The molecule has 0 unspecified atom stereocenters. The third-order valence-electron chi connectivity index (χ3n) is 4.19. The molecule has 3 N–H and O–H groups in total. The third kappa shape index (κ3) is 9.47. The third-order valence-corrected chi connectivity index (χ3v) is 4.19. The number of anilines is 1. The van der Waals surface area contributed by atoms with Crippen LogP contribution in [0, 0.1) is 5.92 Å². The van der Waals surface area contributed by atoms with Crippen LogP contribution in [0.15, 0.2) is 53.5 Å². The second-order valence-corrected chi connectivity index (χ2v) is 7.24. The summed E-state index contributed by atoms with van der Waals surface area (Å²) in [5.74, 6) is 1.96. The summed E-state index contributed by atoms with van der Waals surface area (Å²) in [5.41, 5.74) is 2.99. The monoisotopic (exact) mass is 524 g/mol. The number of hydrogen-bond acceptors (Lipinski definition) is 3. The fraction of sp³-hybridized carbons (Fsp3) is 0.391. The van der Waals surface area contributed by atoms with Gasteiger partial charge in [0.1, 0.15) is 5.75 Å². The summed E-state index contributed by atoms with van der Waals surface area (Å²) in [4.78, 5) is 16.6. The van der Waals surface area contributed by atoms with E-state index in [0.29, 0.717) is 25.4 Å². The van der Waals surface area contributed by atoms with Gasteiger partial charge in [-0.25, -0.2) is 4.99 Å². The molecule has 2 aromatic carbocycles. The highest BCUT2D eigenvalue weighted by Crippen LogP contribution is 2.13. The molecule has 0 atom stereocenters. The summed E-state index contributed by atoms with van der Waals surface area (Å²) in [6, 6.07) is 15.8. The fourth-order valence-corrected chi connectivity index (χ4v) is 2.77. The van der Waals surface area contributed by atoms with Crippen molar-refractivity contribution < 1.29 is 9.53 Å². The van der Waals surface area contributed by atoms with Crippen LogP contribution in [0.2, 0.25) is 0 Å². The number of ether oxygens (including phenoxy) is 1. The first kappa shape index (κ1) is 25.7. The number of aliphatic imine (C=N–C) groups is 1. The van der Waals surface area contributed by atoms with Gasteiger partial charge in [-0.1, -0.05) is 38.1 Å². The summed E-state index contributed by atoms with van der Waals surface area (Å²) in [7, 11) is 1.66. The van der Waals surface area contributed by atoms with Crippen molar-refractivity contribution in [2.45, 2.75) is 40.3 Å². The zero-order chi connectivity index (χ0) is 21.1. The molecule has 0 bridgehead atoms. The first-order valence-electron chi connectivity index (χ1n) is 10.0. The molecule has 0 saturated heterocycles. The molecule has 1 amide bonds. The zero-order valence-corrected chi connectivity index (χ0v) is 20.5. The molecule has 2 rings (SSSR count). The number of rotatable bonds is 9. The number of carbonyl (C=O) groups is 1. The molecular weight excluding hydrogens is 491 g/mol. The molecule has 0 fully saturated rings. The Kier molecular flexibility index (Phi) is 11.9. The molecule has 0 saturated carbocycles. The van der Waals surface area contributed by atoms with Gasteiger partial charge in [-0.3, -0.25) is 4.79 Å². The Bertz CT molecular complexity index is 807. The molecular formula is C23H33IN4O2. The van der Waals surface area contributed by atoms with Gasteiger partial charge in [0, 0.05) is 25.2 Å². The van der Waals surface area contributed by atoms with E-state index in [1.54, 1.807) is 7.11 Å². The number of halogens is 1. The zero-order valence-electron chi connectivity index (χ0n) is 18.2. The standard InChI is InChI=1S/C23H32N4O2.HI/c1-5-24-23(25-15-18-9-11-21(29-4)12-10-18)26-16-19-7-6-8-20(14-19)27-22(28)13-17(2)3;/h6-12,14,17H,5,13,15-16H2,1-4H3,(H,27,28)(H2,24,25,26);1H. The second-order valence-electron chi connectivity index (χ2n) is 7.24. The molecule has 164 valence electrons. The Hall–Kier alpha value is -2.29. The second kappa shape index (κ2) is 13.8. The average Bonchev–Trinajstić information content (AvgIpc) is 2.70.